The van der Waals surface area contributed by atoms with E-state index in [2.05, 4.69) is 0 Å². The van der Waals surface area contributed by atoms with E-state index in [1.807, 2.05) is 105 Å². The smallest absolute Gasteiger partial charge is 0.306 e. The van der Waals surface area contributed by atoms with Crippen LogP contribution in [0.4, 0.5) is 0 Å². The molecule has 1 aliphatic heterocycles. The average Bonchev–Trinajstić information content (AvgIpc) is 3.22. The van der Waals surface area contributed by atoms with Crippen molar-refractivity contribution in [1.82, 2.24) is 0 Å². The van der Waals surface area contributed by atoms with Crippen LogP contribution >= 0.6 is 0 Å². The minimum absolute atomic E-state index is 0.0172. The molecular formula is C31H34O6. The third-order valence-corrected chi connectivity index (χ3v) is 7.41. The predicted octanol–water partition coefficient (Wildman–Crippen LogP) is 4.83. The molecule has 1 saturated carbocycles. The summed E-state index contributed by atoms with van der Waals surface area (Å²) in [7, 11) is 0. The Hall–Kier alpha value is -3.03. The first-order valence-electron chi connectivity index (χ1n) is 12.8. The Bertz CT molecular complexity index is 1100. The summed E-state index contributed by atoms with van der Waals surface area (Å²) in [4.78, 5) is 12.5. The normalized spacial score (nSPS) is 26.2. The first-order valence-corrected chi connectivity index (χ1v) is 12.8. The molecule has 1 saturated heterocycles. The lowest BCUT2D eigenvalue weighted by molar-refractivity contribution is -0.251. The second kappa shape index (κ2) is 10.0. The summed E-state index contributed by atoms with van der Waals surface area (Å²) in [6.45, 7) is 5.60. The number of aliphatic hydroxyl groups is 1. The van der Waals surface area contributed by atoms with Crippen molar-refractivity contribution in [3.05, 3.63) is 108 Å². The molecule has 1 N–H and O–H groups in total. The van der Waals surface area contributed by atoms with Gasteiger partial charge in [0.2, 0.25) is 0 Å². The summed E-state index contributed by atoms with van der Waals surface area (Å²) in [5, 5.41) is 12.1. The van der Waals surface area contributed by atoms with Crippen molar-refractivity contribution in [2.24, 2.45) is 5.92 Å². The number of hydrogen-bond donors (Lipinski definition) is 1. The van der Waals surface area contributed by atoms with Crippen LogP contribution < -0.4 is 0 Å². The Kier molecular flexibility index (Phi) is 6.94. The summed E-state index contributed by atoms with van der Waals surface area (Å²) < 4.78 is 24.3. The average molecular weight is 503 g/mol. The van der Waals surface area contributed by atoms with Crippen molar-refractivity contribution in [1.29, 1.82) is 0 Å². The van der Waals surface area contributed by atoms with Gasteiger partial charge in [0.25, 0.3) is 0 Å². The van der Waals surface area contributed by atoms with E-state index in [-0.39, 0.29) is 25.6 Å². The molecule has 0 amide bonds. The second-order valence-corrected chi connectivity index (χ2v) is 10.2. The summed E-state index contributed by atoms with van der Waals surface area (Å²) in [5.41, 5.74) is 0.330. The number of carbonyl (C=O) groups excluding carboxylic acids is 1. The summed E-state index contributed by atoms with van der Waals surface area (Å²) in [5.74, 6) is -1.78. The van der Waals surface area contributed by atoms with Gasteiger partial charge in [-0.1, -0.05) is 91.0 Å². The number of ether oxygens (including phenoxy) is 4. The van der Waals surface area contributed by atoms with Crippen LogP contribution in [0.2, 0.25) is 0 Å². The van der Waals surface area contributed by atoms with Crippen molar-refractivity contribution in [2.75, 3.05) is 13.2 Å². The fourth-order valence-electron chi connectivity index (χ4n) is 5.72. The molecular weight excluding hydrogens is 468 g/mol. The fourth-order valence-corrected chi connectivity index (χ4v) is 5.72. The minimum atomic E-state index is -1.45. The summed E-state index contributed by atoms with van der Waals surface area (Å²) in [6.07, 6.45) is -1.03. The van der Waals surface area contributed by atoms with Gasteiger partial charge in [-0.25, -0.2) is 0 Å². The maximum Gasteiger partial charge on any atom is 0.306 e. The van der Waals surface area contributed by atoms with Gasteiger partial charge >= 0.3 is 5.97 Å². The second-order valence-electron chi connectivity index (χ2n) is 10.2. The highest BCUT2D eigenvalue weighted by atomic mass is 16.8. The fraction of sp³-hybridized carbons (Fsp3) is 0.387. The first kappa shape index (κ1) is 25.6. The van der Waals surface area contributed by atoms with E-state index >= 15 is 0 Å². The third-order valence-electron chi connectivity index (χ3n) is 7.41. The predicted molar refractivity (Wildman–Crippen MR) is 139 cm³/mol. The van der Waals surface area contributed by atoms with Gasteiger partial charge in [0, 0.05) is 5.92 Å². The van der Waals surface area contributed by atoms with Gasteiger partial charge in [0.15, 0.2) is 5.79 Å². The zero-order chi connectivity index (χ0) is 26.1. The largest absolute Gasteiger partial charge is 0.466 e. The third kappa shape index (κ3) is 4.59. The molecule has 194 valence electrons. The number of hydrogen-bond acceptors (Lipinski definition) is 6. The highest BCUT2D eigenvalue weighted by molar-refractivity contribution is 5.70. The molecule has 6 heteroatoms. The van der Waals surface area contributed by atoms with Gasteiger partial charge in [-0.3, -0.25) is 4.79 Å². The van der Waals surface area contributed by atoms with Crippen molar-refractivity contribution >= 4 is 5.97 Å². The molecule has 2 fully saturated rings. The lowest BCUT2D eigenvalue weighted by Crippen LogP contribution is -2.71. The standard InChI is InChI=1S/C31H34O6/c1-4-34-26(32)20-25-27-28(37-29(2,3)36-27)30(25,33)21-35-31(22-14-8-5-9-15-22,23-16-10-6-11-17-23)24-18-12-7-13-19-24/h5-19,25,27-28,33H,4,20-21H2,1-3H3/t25-,27-,28-,30-/m0/s1. The molecule has 2 aliphatic rings. The monoisotopic (exact) mass is 502 g/mol. The molecule has 0 bridgehead atoms. The van der Waals surface area contributed by atoms with E-state index in [0.717, 1.165) is 16.7 Å². The van der Waals surface area contributed by atoms with Crippen LogP contribution in [-0.4, -0.2) is 47.9 Å². The molecule has 1 aliphatic carbocycles. The van der Waals surface area contributed by atoms with E-state index < -0.39 is 35.1 Å². The number of carbonyl (C=O) groups is 1. The van der Waals surface area contributed by atoms with Crippen LogP contribution in [0.5, 0.6) is 0 Å². The van der Waals surface area contributed by atoms with Crippen molar-refractivity contribution in [3.8, 4) is 0 Å². The SMILES string of the molecule is CCOC(=O)C[C@H]1[C@@H]2OC(C)(C)O[C@@H]2[C@]1(O)COC(c1ccccc1)(c1ccccc1)c1ccccc1. The molecule has 5 rings (SSSR count). The maximum atomic E-state index is 12.5. The number of esters is 1. The Morgan fingerprint density at radius 3 is 1.81 bits per heavy atom. The topological polar surface area (TPSA) is 74.2 Å². The number of rotatable bonds is 9. The Morgan fingerprint density at radius 2 is 1.35 bits per heavy atom. The van der Waals surface area contributed by atoms with Gasteiger partial charge in [-0.2, -0.15) is 0 Å². The molecule has 0 radical (unpaired) electrons. The summed E-state index contributed by atoms with van der Waals surface area (Å²) in [6, 6.07) is 30.0. The van der Waals surface area contributed by atoms with Crippen LogP contribution in [-0.2, 0) is 29.3 Å². The quantitative estimate of drug-likeness (QED) is 0.334. The van der Waals surface area contributed by atoms with Crippen molar-refractivity contribution in [3.63, 3.8) is 0 Å². The van der Waals surface area contributed by atoms with Crippen LogP contribution in [0.25, 0.3) is 0 Å². The van der Waals surface area contributed by atoms with Crippen LogP contribution in [0, 0.1) is 5.92 Å². The van der Waals surface area contributed by atoms with Crippen LogP contribution in [0.1, 0.15) is 43.9 Å². The van der Waals surface area contributed by atoms with E-state index in [9.17, 15) is 9.90 Å². The van der Waals surface area contributed by atoms with Crippen molar-refractivity contribution in [2.45, 2.75) is 56.4 Å². The molecule has 3 aromatic carbocycles. The molecule has 37 heavy (non-hydrogen) atoms. The Labute approximate surface area is 218 Å². The molecule has 4 atom stereocenters. The van der Waals surface area contributed by atoms with Gasteiger partial charge in [-0.15, -0.1) is 0 Å². The van der Waals surface area contributed by atoms with Gasteiger partial charge < -0.3 is 24.1 Å². The minimum Gasteiger partial charge on any atom is -0.466 e. The van der Waals surface area contributed by atoms with Crippen LogP contribution in [0.3, 0.4) is 0 Å². The Balaban J connectivity index is 1.56. The molecule has 0 unspecified atom stereocenters. The Morgan fingerprint density at radius 1 is 0.865 bits per heavy atom. The molecule has 0 aromatic heterocycles. The lowest BCUT2D eigenvalue weighted by atomic mass is 9.63. The van der Waals surface area contributed by atoms with Gasteiger partial charge in [0.05, 0.1) is 25.7 Å². The van der Waals surface area contributed by atoms with Gasteiger partial charge in [0.1, 0.15) is 17.3 Å². The van der Waals surface area contributed by atoms with E-state index in [1.54, 1.807) is 6.92 Å². The van der Waals surface area contributed by atoms with Gasteiger partial charge in [-0.05, 0) is 37.5 Å². The molecule has 6 nitrogen and oxygen atoms in total. The number of benzene rings is 3. The maximum absolute atomic E-state index is 12.5. The number of fused-ring (bicyclic) bond motifs is 1. The van der Waals surface area contributed by atoms with Crippen LogP contribution in [0.15, 0.2) is 91.0 Å². The molecule has 3 aromatic rings. The highest BCUT2D eigenvalue weighted by Crippen LogP contribution is 2.53. The van der Waals surface area contributed by atoms with E-state index in [4.69, 9.17) is 18.9 Å². The zero-order valence-electron chi connectivity index (χ0n) is 21.5. The first-order chi connectivity index (χ1) is 17.8. The van der Waals surface area contributed by atoms with E-state index in [1.165, 1.54) is 0 Å². The summed E-state index contributed by atoms with van der Waals surface area (Å²) >= 11 is 0. The lowest BCUT2D eigenvalue weighted by Gasteiger charge is -2.53. The molecule has 0 spiro atoms. The van der Waals surface area contributed by atoms with E-state index in [0.29, 0.717) is 0 Å². The molecule has 1 heterocycles. The zero-order valence-corrected chi connectivity index (χ0v) is 21.5. The highest BCUT2D eigenvalue weighted by Gasteiger charge is 2.69. The van der Waals surface area contributed by atoms with Crippen molar-refractivity contribution < 1.29 is 28.8 Å².